The molecule has 0 saturated heterocycles. The Morgan fingerprint density at radius 1 is 0.156 bits per heavy atom. The van der Waals surface area contributed by atoms with Crippen molar-refractivity contribution in [3.8, 4) is 89.0 Å². The van der Waals surface area contributed by atoms with Crippen LogP contribution in [0.3, 0.4) is 0 Å². The van der Waals surface area contributed by atoms with Crippen LogP contribution in [-0.2, 0) is 27.1 Å². The van der Waals surface area contributed by atoms with Crippen LogP contribution in [0.2, 0.25) is 0 Å². The Bertz CT molecular complexity index is 9520. The molecule has 0 unspecified atom stereocenters. The number of anilines is 9. The molecular weight excluding hydrogens is 1780 g/mol. The number of hydrogen-bond acceptors (Lipinski definition) is 4. The zero-order valence-corrected chi connectivity index (χ0v) is 83.5. The van der Waals surface area contributed by atoms with Crippen molar-refractivity contribution in [3.63, 3.8) is 0 Å². The lowest BCUT2D eigenvalue weighted by Gasteiger charge is -2.31. The van der Waals surface area contributed by atoms with E-state index in [2.05, 4.69) is 549 Å². The molecule has 24 aromatic rings. The largest absolute Gasteiger partial charge is 0.456 e. The molecule has 0 aliphatic heterocycles. The number of rotatable bonds is 11. The Balaban J connectivity index is 0.000000107. The van der Waals surface area contributed by atoms with Crippen LogP contribution in [0.25, 0.3) is 154 Å². The fraction of sp³-hybridized carbons (Fsp3) is 0.0909. The van der Waals surface area contributed by atoms with Gasteiger partial charge in [0.15, 0.2) is 0 Å². The normalized spacial score (nSPS) is 14.3. The van der Waals surface area contributed by atoms with Crippen LogP contribution >= 0.6 is 0 Å². The summed E-state index contributed by atoms with van der Waals surface area (Å²) in [7, 11) is 0. The summed E-state index contributed by atoms with van der Waals surface area (Å²) < 4.78 is 6.22. The Hall–Kier alpha value is -17.7. The van der Waals surface area contributed by atoms with Crippen LogP contribution in [0.1, 0.15) is 122 Å². The summed E-state index contributed by atoms with van der Waals surface area (Å²) in [6.07, 6.45) is 0. The average Bonchev–Trinajstić information content (AvgIpc) is 1.50. The van der Waals surface area contributed by atoms with Crippen LogP contribution in [-0.4, -0.2) is 0 Å². The second-order valence-corrected chi connectivity index (χ2v) is 42.8. The van der Waals surface area contributed by atoms with E-state index in [0.717, 1.165) is 56.1 Å². The van der Waals surface area contributed by atoms with Crippen LogP contribution in [0.4, 0.5) is 51.2 Å². The van der Waals surface area contributed by atoms with Gasteiger partial charge in [-0.05, 0) is 292 Å². The highest BCUT2D eigenvalue weighted by molar-refractivity contribution is 6.14. The van der Waals surface area contributed by atoms with Gasteiger partial charge in [0.1, 0.15) is 11.2 Å². The first kappa shape index (κ1) is 87.1. The third-order valence-corrected chi connectivity index (χ3v) is 33.6. The molecule has 6 aliphatic rings. The van der Waals surface area contributed by atoms with Crippen LogP contribution < -0.4 is 14.7 Å². The van der Waals surface area contributed by atoms with E-state index in [4.69, 9.17) is 4.42 Å². The van der Waals surface area contributed by atoms with E-state index in [-0.39, 0.29) is 27.1 Å². The number of furan rings is 1. The molecule has 0 amide bonds. The van der Waals surface area contributed by atoms with E-state index in [0.29, 0.717) is 0 Å². The molecule has 0 fully saturated rings. The fourth-order valence-corrected chi connectivity index (χ4v) is 26.6. The third kappa shape index (κ3) is 13.2. The first-order valence-corrected chi connectivity index (χ1v) is 51.7. The van der Waals surface area contributed by atoms with E-state index in [9.17, 15) is 0 Å². The monoisotopic (exact) mass is 1880 g/mol. The summed E-state index contributed by atoms with van der Waals surface area (Å²) in [4.78, 5) is 7.34. The fourth-order valence-electron chi connectivity index (χ4n) is 26.6. The van der Waals surface area contributed by atoms with E-state index < -0.39 is 0 Å². The van der Waals surface area contributed by atoms with Gasteiger partial charge in [-0.3, -0.25) is 0 Å². The standard InChI is InChI=1S/C50H35N.C50H39N.C43H31NO/c1-49(2)41-22-10-9-20-39(41)48-38-21-14-26-47(37(38)28-30-46(48)49)51(32-15-4-3-5-16-32)33-27-29-45-40(31-33)36-19-8-13-25-44(36)50(45)42-23-11-6-17-34(42)35-18-7-12-24-43(35)50;1-49(2)44-18-10-8-15-42(44)48-41-16-11-19-47(40(41)28-29-45(48)49)51(37-26-27-39-38-14-7-9-17-43(38)50(3,4)46(39)31-37)36-24-22-33(23-25-36)35-21-20-32-12-5-6-13-34(32)30-35;1-43(2)37-16-8-6-14-35(37)42-34-15-10-17-39(32(34)24-25-38(42)43)44(30-21-19-29(20-22-30)28-11-4-3-5-12-28)31-23-26-41-36(27-31)33-13-7-9-18-40(33)45-41/h3-31H,1-2H3;5-31H,1-4H3;3-27H,1-2H3. The highest BCUT2D eigenvalue weighted by Crippen LogP contribution is 2.65. The molecule has 30 rings (SSSR count). The Kier molecular flexibility index (Phi) is 19.7. The maximum atomic E-state index is 6.22. The van der Waals surface area contributed by atoms with Gasteiger partial charge in [0.2, 0.25) is 0 Å². The highest BCUT2D eigenvalue weighted by Gasteiger charge is 2.52. The molecule has 698 valence electrons. The molecule has 1 spiro atoms. The van der Waals surface area contributed by atoms with Crippen molar-refractivity contribution in [2.24, 2.45) is 0 Å². The number of fused-ring (bicyclic) bond motifs is 32. The lowest BCUT2D eigenvalue weighted by molar-refractivity contribution is 0.660. The van der Waals surface area contributed by atoms with Gasteiger partial charge in [-0.1, -0.05) is 438 Å². The van der Waals surface area contributed by atoms with E-state index in [1.165, 1.54) is 216 Å². The lowest BCUT2D eigenvalue weighted by atomic mass is 9.70. The molecule has 4 nitrogen and oxygen atoms in total. The SMILES string of the molecule is CC1(C)c2ccccc2-c2c1ccc1c(N(c3ccc(-c4ccccc4)cc3)c3ccc4oc5ccccc5c4c3)cccc21.CC1(C)c2ccccc2-c2c1ccc1c(N(c3ccccc3)c3ccc4c(c3)-c3ccccc3C43c4ccccc4-c4ccccc43)cccc21.CC1(C)c2ccccc2-c2ccc(N(c3ccc(-c4ccc5ccccc5c4)cc3)c3cccc4c5c(ccc34)C(C)(C)c3ccccc3-5)cc21. The molecule has 0 atom stereocenters. The number of nitrogens with zero attached hydrogens (tertiary/aromatic N) is 3. The summed E-state index contributed by atoms with van der Waals surface area (Å²) in [6.45, 7) is 18.9. The Morgan fingerprint density at radius 2 is 0.469 bits per heavy atom. The van der Waals surface area contributed by atoms with Crippen LogP contribution in [0.15, 0.2) is 496 Å². The van der Waals surface area contributed by atoms with Crippen molar-refractivity contribution >= 4 is 116 Å². The molecule has 147 heavy (non-hydrogen) atoms. The summed E-state index contributed by atoms with van der Waals surface area (Å²) in [5, 5.41) is 12.4. The van der Waals surface area contributed by atoms with E-state index >= 15 is 0 Å². The zero-order valence-electron chi connectivity index (χ0n) is 83.5. The minimum atomic E-state index is -0.352. The number of hydrogen-bond donors (Lipinski definition) is 0. The Labute approximate surface area is 858 Å². The lowest BCUT2D eigenvalue weighted by Crippen LogP contribution is -2.25. The van der Waals surface area contributed by atoms with Crippen molar-refractivity contribution in [1.82, 2.24) is 0 Å². The molecule has 0 saturated carbocycles. The molecule has 23 aromatic carbocycles. The van der Waals surface area contributed by atoms with Gasteiger partial charge in [0.05, 0.1) is 22.5 Å². The van der Waals surface area contributed by atoms with Crippen molar-refractivity contribution in [2.75, 3.05) is 14.7 Å². The number of para-hydroxylation sites is 2. The first-order valence-electron chi connectivity index (χ1n) is 51.7. The molecule has 6 aliphatic carbocycles. The van der Waals surface area contributed by atoms with Crippen LogP contribution in [0.5, 0.6) is 0 Å². The summed E-state index contributed by atoms with van der Waals surface area (Å²) in [6, 6.07) is 182. The summed E-state index contributed by atoms with van der Waals surface area (Å²) in [5.41, 5.74) is 49.1. The van der Waals surface area contributed by atoms with Crippen molar-refractivity contribution < 1.29 is 4.42 Å². The maximum absolute atomic E-state index is 6.22. The molecule has 0 bridgehead atoms. The third-order valence-electron chi connectivity index (χ3n) is 33.6. The summed E-state index contributed by atoms with van der Waals surface area (Å²) >= 11 is 0. The molecule has 4 heteroatoms. The van der Waals surface area contributed by atoms with Crippen molar-refractivity contribution in [2.45, 2.75) is 82.5 Å². The maximum Gasteiger partial charge on any atom is 0.135 e. The smallest absolute Gasteiger partial charge is 0.135 e. The molecule has 1 aromatic heterocycles. The second-order valence-electron chi connectivity index (χ2n) is 42.8. The quantitative estimate of drug-likeness (QED) is 0.129. The van der Waals surface area contributed by atoms with Gasteiger partial charge < -0.3 is 19.1 Å². The van der Waals surface area contributed by atoms with Gasteiger partial charge in [0.25, 0.3) is 0 Å². The van der Waals surface area contributed by atoms with E-state index in [1.807, 2.05) is 12.1 Å². The topological polar surface area (TPSA) is 22.9 Å². The predicted octanol–water partition coefficient (Wildman–Crippen LogP) is 38.9. The molecule has 1 heterocycles. The van der Waals surface area contributed by atoms with Gasteiger partial charge in [-0.2, -0.15) is 0 Å². The average molecular weight is 1880 g/mol. The molecule has 0 N–H and O–H groups in total. The highest BCUT2D eigenvalue weighted by atomic mass is 16.3. The minimum Gasteiger partial charge on any atom is -0.456 e. The molecule has 0 radical (unpaired) electrons. The van der Waals surface area contributed by atoms with Gasteiger partial charge in [0, 0.05) is 82.7 Å². The van der Waals surface area contributed by atoms with Gasteiger partial charge in [-0.15, -0.1) is 0 Å². The number of benzene rings is 23. The Morgan fingerprint density at radius 3 is 0.966 bits per heavy atom. The van der Waals surface area contributed by atoms with Gasteiger partial charge >= 0.3 is 0 Å². The van der Waals surface area contributed by atoms with Crippen molar-refractivity contribution in [3.05, 3.63) is 558 Å². The van der Waals surface area contributed by atoms with Crippen molar-refractivity contribution in [1.29, 1.82) is 0 Å². The molecular formula is C143H105N3O. The minimum absolute atomic E-state index is 0.0452. The van der Waals surface area contributed by atoms with Gasteiger partial charge in [-0.25, -0.2) is 0 Å². The van der Waals surface area contributed by atoms with E-state index in [1.54, 1.807) is 0 Å². The van der Waals surface area contributed by atoms with Crippen LogP contribution in [0, 0.1) is 0 Å². The second kappa shape index (κ2) is 33.2. The summed E-state index contributed by atoms with van der Waals surface area (Å²) in [5.74, 6) is 0. The first-order chi connectivity index (χ1) is 72.0. The predicted molar refractivity (Wildman–Crippen MR) is 618 cm³/mol. The zero-order chi connectivity index (χ0) is 98.5.